The maximum atomic E-state index is 13.7. The average molecular weight is 440 g/mol. The molecule has 6 nitrogen and oxygen atoms in total. The number of anilines is 2. The van der Waals surface area contributed by atoms with Gasteiger partial charge in [0.15, 0.2) is 0 Å². The Bertz CT molecular complexity index is 1160. The molecule has 2 aliphatic rings. The fraction of sp³-hybridized carbons (Fsp3) is 0.217. The first-order chi connectivity index (χ1) is 15.0. The fourth-order valence-corrected chi connectivity index (χ4v) is 4.65. The Morgan fingerprint density at radius 1 is 1.13 bits per heavy atom. The van der Waals surface area contributed by atoms with Gasteiger partial charge in [0.1, 0.15) is 17.7 Å². The number of likely N-dealkylation sites (tertiary alicyclic amines) is 1. The number of amides is 2. The van der Waals surface area contributed by atoms with Crippen molar-refractivity contribution < 1.29 is 18.4 Å². The van der Waals surface area contributed by atoms with Gasteiger partial charge in [-0.05, 0) is 36.4 Å². The third kappa shape index (κ3) is 3.25. The van der Waals surface area contributed by atoms with Crippen molar-refractivity contribution in [2.24, 2.45) is 0 Å². The number of hydrogen-bond donors (Lipinski definition) is 1. The van der Waals surface area contributed by atoms with Crippen molar-refractivity contribution in [3.05, 3.63) is 83.0 Å². The van der Waals surface area contributed by atoms with Crippen molar-refractivity contribution in [2.75, 3.05) is 23.3 Å². The molecule has 158 valence electrons. The number of para-hydroxylation sites is 1. The smallest absolute Gasteiger partial charge is 0.262 e. The molecule has 0 aliphatic carbocycles. The van der Waals surface area contributed by atoms with Crippen LogP contribution in [0.5, 0.6) is 0 Å². The minimum atomic E-state index is -0.792. The summed E-state index contributed by atoms with van der Waals surface area (Å²) in [5, 5.41) is 3.68. The van der Waals surface area contributed by atoms with Crippen molar-refractivity contribution in [3.63, 3.8) is 0 Å². The lowest BCUT2D eigenvalue weighted by Crippen LogP contribution is -2.65. The van der Waals surface area contributed by atoms with Gasteiger partial charge >= 0.3 is 0 Å². The Morgan fingerprint density at radius 3 is 2.61 bits per heavy atom. The van der Waals surface area contributed by atoms with Crippen LogP contribution >= 0.6 is 11.6 Å². The van der Waals surface area contributed by atoms with Crippen molar-refractivity contribution in [1.82, 2.24) is 4.90 Å². The summed E-state index contributed by atoms with van der Waals surface area (Å²) in [4.78, 5) is 29.7. The van der Waals surface area contributed by atoms with E-state index in [2.05, 4.69) is 5.32 Å². The number of carbonyl (C=O) groups excluding carboxylic acids is 2. The first kappa shape index (κ1) is 19.6. The van der Waals surface area contributed by atoms with E-state index in [1.54, 1.807) is 28.0 Å². The number of nitrogens with zero attached hydrogens (tertiary/aromatic N) is 2. The van der Waals surface area contributed by atoms with Gasteiger partial charge in [-0.1, -0.05) is 23.7 Å². The number of halogens is 2. The number of fused-ring (bicyclic) bond motifs is 1. The van der Waals surface area contributed by atoms with E-state index in [0.717, 1.165) is 5.69 Å². The molecule has 2 aromatic carbocycles. The van der Waals surface area contributed by atoms with Crippen LogP contribution in [0.25, 0.3) is 0 Å². The van der Waals surface area contributed by atoms with Crippen molar-refractivity contribution in [1.29, 1.82) is 0 Å². The quantitative estimate of drug-likeness (QED) is 0.624. The van der Waals surface area contributed by atoms with Crippen LogP contribution in [-0.2, 0) is 0 Å². The molecular weight excluding hydrogens is 421 g/mol. The lowest BCUT2D eigenvalue weighted by Gasteiger charge is -2.52. The van der Waals surface area contributed by atoms with Gasteiger partial charge < -0.3 is 14.6 Å². The van der Waals surface area contributed by atoms with Gasteiger partial charge in [0, 0.05) is 31.6 Å². The Balaban J connectivity index is 1.52. The summed E-state index contributed by atoms with van der Waals surface area (Å²) in [5.41, 5.74) is 1.39. The molecule has 0 unspecified atom stereocenters. The maximum absolute atomic E-state index is 13.7. The van der Waals surface area contributed by atoms with E-state index in [0.29, 0.717) is 42.7 Å². The topological polar surface area (TPSA) is 65.8 Å². The summed E-state index contributed by atoms with van der Waals surface area (Å²) >= 11 is 6.37. The molecule has 5 rings (SSSR count). The highest BCUT2D eigenvalue weighted by Crippen LogP contribution is 2.43. The van der Waals surface area contributed by atoms with Gasteiger partial charge in [-0.15, -0.1) is 0 Å². The van der Waals surface area contributed by atoms with E-state index in [1.165, 1.54) is 30.7 Å². The van der Waals surface area contributed by atoms with Gasteiger partial charge in [0.05, 0.1) is 28.1 Å². The number of carbonyl (C=O) groups is 2. The van der Waals surface area contributed by atoms with Gasteiger partial charge in [0.2, 0.25) is 0 Å². The Labute approximate surface area is 183 Å². The van der Waals surface area contributed by atoms with Crippen LogP contribution in [0.2, 0.25) is 5.02 Å². The minimum absolute atomic E-state index is 0.113. The Hall–Kier alpha value is -3.32. The van der Waals surface area contributed by atoms with Crippen LogP contribution in [0.1, 0.15) is 33.6 Å². The van der Waals surface area contributed by atoms with Gasteiger partial charge in [-0.3, -0.25) is 14.5 Å². The number of benzene rings is 2. The highest BCUT2D eigenvalue weighted by Gasteiger charge is 2.48. The number of nitrogens with one attached hydrogen (secondary N) is 1. The summed E-state index contributed by atoms with van der Waals surface area (Å²) in [6.07, 6.45) is 3.85. The normalized spacial score (nSPS) is 17.4. The standard InChI is InChI=1S/C23H19ClFN3O3/c24-18-13-16(25)5-6-20(18)28-22(30)17-3-1-2-4-19(17)26-23(28)8-10-27(11-9-23)21(29)15-7-12-31-14-15/h1-7,12-14,26H,8-11H2. The molecule has 1 aromatic heterocycles. The second kappa shape index (κ2) is 7.42. The second-order valence-corrected chi connectivity index (χ2v) is 8.15. The molecule has 0 bridgehead atoms. The van der Waals surface area contributed by atoms with E-state index in [9.17, 15) is 14.0 Å². The lowest BCUT2D eigenvalue weighted by molar-refractivity contribution is 0.0668. The summed E-state index contributed by atoms with van der Waals surface area (Å²) < 4.78 is 18.7. The van der Waals surface area contributed by atoms with Crippen LogP contribution in [0, 0.1) is 5.82 Å². The van der Waals surface area contributed by atoms with Gasteiger partial charge in [0.25, 0.3) is 11.8 Å². The molecule has 1 saturated heterocycles. The molecule has 1 spiro atoms. The van der Waals surface area contributed by atoms with Gasteiger partial charge in [-0.25, -0.2) is 4.39 Å². The molecule has 2 aliphatic heterocycles. The highest BCUT2D eigenvalue weighted by molar-refractivity contribution is 6.34. The van der Waals surface area contributed by atoms with Crippen molar-refractivity contribution in [3.8, 4) is 0 Å². The largest absolute Gasteiger partial charge is 0.472 e. The molecule has 0 radical (unpaired) electrons. The summed E-state index contributed by atoms with van der Waals surface area (Å²) in [6, 6.07) is 12.9. The van der Waals surface area contributed by atoms with Crippen LogP contribution in [-0.4, -0.2) is 35.5 Å². The van der Waals surface area contributed by atoms with E-state index in [-0.39, 0.29) is 16.8 Å². The number of rotatable bonds is 2. The zero-order chi connectivity index (χ0) is 21.6. The molecule has 0 saturated carbocycles. The highest BCUT2D eigenvalue weighted by atomic mass is 35.5. The van der Waals surface area contributed by atoms with E-state index >= 15 is 0 Å². The zero-order valence-corrected chi connectivity index (χ0v) is 17.2. The maximum Gasteiger partial charge on any atom is 0.262 e. The molecule has 8 heteroatoms. The summed E-state index contributed by atoms with van der Waals surface area (Å²) in [5.74, 6) is -0.795. The van der Waals surface area contributed by atoms with Crippen LogP contribution in [0.3, 0.4) is 0 Å². The lowest BCUT2D eigenvalue weighted by atomic mass is 9.89. The van der Waals surface area contributed by atoms with E-state index in [4.69, 9.17) is 16.0 Å². The zero-order valence-electron chi connectivity index (χ0n) is 16.5. The molecule has 31 heavy (non-hydrogen) atoms. The molecule has 1 N–H and O–H groups in total. The van der Waals surface area contributed by atoms with E-state index < -0.39 is 11.5 Å². The number of hydrogen-bond acceptors (Lipinski definition) is 4. The monoisotopic (exact) mass is 439 g/mol. The van der Waals surface area contributed by atoms with Crippen molar-refractivity contribution >= 4 is 34.8 Å². The van der Waals surface area contributed by atoms with E-state index in [1.807, 2.05) is 12.1 Å². The summed E-state index contributed by atoms with van der Waals surface area (Å²) in [6.45, 7) is 0.865. The van der Waals surface area contributed by atoms with Crippen LogP contribution < -0.4 is 10.2 Å². The predicted octanol–water partition coefficient (Wildman–Crippen LogP) is 4.78. The minimum Gasteiger partial charge on any atom is -0.472 e. The number of furan rings is 1. The fourth-order valence-electron chi connectivity index (χ4n) is 4.40. The SMILES string of the molecule is O=C(c1ccoc1)N1CCC2(CC1)Nc1ccccc1C(=O)N2c1ccc(F)cc1Cl. The third-order valence-electron chi connectivity index (χ3n) is 5.95. The van der Waals surface area contributed by atoms with Crippen LogP contribution in [0.4, 0.5) is 15.8 Å². The molecule has 0 atom stereocenters. The first-order valence-electron chi connectivity index (χ1n) is 9.97. The third-order valence-corrected chi connectivity index (χ3v) is 6.26. The number of piperidine rings is 1. The predicted molar refractivity (Wildman–Crippen MR) is 115 cm³/mol. The molecule has 1 fully saturated rings. The molecular formula is C23H19ClFN3O3. The van der Waals surface area contributed by atoms with Crippen LogP contribution in [0.15, 0.2) is 65.5 Å². The second-order valence-electron chi connectivity index (χ2n) is 7.74. The van der Waals surface area contributed by atoms with Gasteiger partial charge in [-0.2, -0.15) is 0 Å². The average Bonchev–Trinajstić information content (AvgIpc) is 3.30. The molecule has 3 aromatic rings. The molecule has 3 heterocycles. The Morgan fingerprint density at radius 2 is 1.90 bits per heavy atom. The molecule has 2 amide bonds. The first-order valence-corrected chi connectivity index (χ1v) is 10.3. The summed E-state index contributed by atoms with van der Waals surface area (Å²) in [7, 11) is 0. The van der Waals surface area contributed by atoms with Crippen molar-refractivity contribution in [2.45, 2.75) is 18.5 Å². The Kier molecular flexibility index (Phi) is 4.70.